The van der Waals surface area contributed by atoms with E-state index in [4.69, 9.17) is 0 Å². The van der Waals surface area contributed by atoms with Crippen molar-refractivity contribution < 1.29 is 22.8 Å². The Bertz CT molecular complexity index is 1170. The van der Waals surface area contributed by atoms with E-state index in [0.29, 0.717) is 24.6 Å². The van der Waals surface area contributed by atoms with Gasteiger partial charge in [-0.25, -0.2) is 0 Å². The summed E-state index contributed by atoms with van der Waals surface area (Å²) in [6.45, 7) is 3.19. The first-order valence-corrected chi connectivity index (χ1v) is 10.6. The van der Waals surface area contributed by atoms with E-state index in [1.54, 1.807) is 24.3 Å². The number of anilines is 2. The number of carbonyl (C=O) groups excluding carboxylic acids is 2. The van der Waals surface area contributed by atoms with Gasteiger partial charge in [0.05, 0.1) is 11.1 Å². The highest BCUT2D eigenvalue weighted by atomic mass is 19.4. The zero-order chi connectivity index (χ0) is 24.3. The van der Waals surface area contributed by atoms with Crippen molar-refractivity contribution in [2.24, 2.45) is 0 Å². The van der Waals surface area contributed by atoms with Crippen molar-refractivity contribution >= 4 is 23.3 Å². The predicted octanol–water partition coefficient (Wildman–Crippen LogP) is 4.02. The molecule has 1 saturated heterocycles. The SMILES string of the molecule is Cc1ccc(NC(=O)c2ccc(N3CCN(C(=O)c4ccccc4C(F)(F)F)CC3)nn2)cc1. The molecule has 0 unspecified atom stereocenters. The van der Waals surface area contributed by atoms with Crippen LogP contribution in [0.4, 0.5) is 24.7 Å². The summed E-state index contributed by atoms with van der Waals surface area (Å²) < 4.78 is 39.8. The number of aromatic nitrogens is 2. The highest BCUT2D eigenvalue weighted by Gasteiger charge is 2.36. The van der Waals surface area contributed by atoms with Crippen molar-refractivity contribution in [2.75, 3.05) is 36.4 Å². The van der Waals surface area contributed by atoms with Crippen molar-refractivity contribution in [3.05, 3.63) is 83.0 Å². The molecule has 7 nitrogen and oxygen atoms in total. The lowest BCUT2D eigenvalue weighted by Crippen LogP contribution is -2.49. The topological polar surface area (TPSA) is 78.4 Å². The molecule has 176 valence electrons. The molecule has 0 aliphatic carbocycles. The number of benzene rings is 2. The second kappa shape index (κ2) is 9.50. The van der Waals surface area contributed by atoms with Crippen molar-refractivity contribution in [1.82, 2.24) is 15.1 Å². The minimum absolute atomic E-state index is 0.155. The van der Waals surface area contributed by atoms with Gasteiger partial charge in [-0.15, -0.1) is 10.2 Å². The second-order valence-electron chi connectivity index (χ2n) is 7.92. The third-order valence-corrected chi connectivity index (χ3v) is 5.55. The van der Waals surface area contributed by atoms with Crippen LogP contribution < -0.4 is 10.2 Å². The van der Waals surface area contributed by atoms with Gasteiger partial charge in [0.1, 0.15) is 0 Å². The van der Waals surface area contributed by atoms with Crippen LogP contribution in [0.15, 0.2) is 60.7 Å². The summed E-state index contributed by atoms with van der Waals surface area (Å²) in [5.74, 6) is -0.516. The largest absolute Gasteiger partial charge is 0.417 e. The van der Waals surface area contributed by atoms with Gasteiger partial charge < -0.3 is 15.1 Å². The molecular formula is C24H22F3N5O2. The van der Waals surface area contributed by atoms with E-state index < -0.39 is 17.6 Å². The molecule has 34 heavy (non-hydrogen) atoms. The van der Waals surface area contributed by atoms with Crippen molar-refractivity contribution in [3.8, 4) is 0 Å². The molecule has 1 aliphatic rings. The molecule has 1 fully saturated rings. The summed E-state index contributed by atoms with van der Waals surface area (Å²) in [5.41, 5.74) is 0.588. The van der Waals surface area contributed by atoms with Gasteiger partial charge in [0, 0.05) is 31.9 Å². The van der Waals surface area contributed by atoms with Gasteiger partial charge >= 0.3 is 6.18 Å². The van der Waals surface area contributed by atoms with Crippen LogP contribution in [0, 0.1) is 6.92 Å². The molecule has 10 heteroatoms. The zero-order valence-electron chi connectivity index (χ0n) is 18.3. The number of carbonyl (C=O) groups is 2. The normalized spacial score (nSPS) is 14.1. The van der Waals surface area contributed by atoms with Crippen LogP contribution in [-0.4, -0.2) is 53.1 Å². The molecule has 2 heterocycles. The Morgan fingerprint density at radius 3 is 2.18 bits per heavy atom. The second-order valence-corrected chi connectivity index (χ2v) is 7.92. The Labute approximate surface area is 194 Å². The van der Waals surface area contributed by atoms with E-state index >= 15 is 0 Å². The Morgan fingerprint density at radius 2 is 1.56 bits per heavy atom. The molecule has 1 aromatic heterocycles. The summed E-state index contributed by atoms with van der Waals surface area (Å²) in [5, 5.41) is 10.9. The van der Waals surface area contributed by atoms with Crippen LogP contribution >= 0.6 is 0 Å². The monoisotopic (exact) mass is 469 g/mol. The average Bonchev–Trinajstić information content (AvgIpc) is 2.84. The molecule has 0 atom stereocenters. The summed E-state index contributed by atoms with van der Waals surface area (Å²) in [7, 11) is 0. The lowest BCUT2D eigenvalue weighted by Gasteiger charge is -2.35. The van der Waals surface area contributed by atoms with E-state index in [1.165, 1.54) is 23.1 Å². The predicted molar refractivity (Wildman–Crippen MR) is 121 cm³/mol. The Hall–Kier alpha value is -3.95. The van der Waals surface area contributed by atoms with Gasteiger partial charge in [-0.2, -0.15) is 13.2 Å². The fourth-order valence-corrected chi connectivity index (χ4v) is 3.67. The van der Waals surface area contributed by atoms with Crippen LogP contribution in [0.3, 0.4) is 0 Å². The quantitative estimate of drug-likeness (QED) is 0.625. The average molecular weight is 469 g/mol. The third kappa shape index (κ3) is 5.16. The first kappa shape index (κ1) is 23.2. The molecular weight excluding hydrogens is 447 g/mol. The summed E-state index contributed by atoms with van der Waals surface area (Å²) in [6.07, 6.45) is -4.60. The Balaban J connectivity index is 1.37. The highest BCUT2D eigenvalue weighted by Crippen LogP contribution is 2.32. The Morgan fingerprint density at radius 1 is 0.882 bits per heavy atom. The van der Waals surface area contributed by atoms with Crippen LogP contribution in [-0.2, 0) is 6.18 Å². The highest BCUT2D eigenvalue weighted by molar-refractivity contribution is 6.02. The maximum Gasteiger partial charge on any atom is 0.417 e. The summed E-state index contributed by atoms with van der Waals surface area (Å²) in [6, 6.07) is 15.4. The first-order valence-electron chi connectivity index (χ1n) is 10.6. The molecule has 4 rings (SSSR count). The van der Waals surface area contributed by atoms with Crippen LogP contribution in [0.5, 0.6) is 0 Å². The summed E-state index contributed by atoms with van der Waals surface area (Å²) in [4.78, 5) is 28.4. The number of piperazine rings is 1. The molecule has 0 radical (unpaired) electrons. The van der Waals surface area contributed by atoms with E-state index in [9.17, 15) is 22.8 Å². The van der Waals surface area contributed by atoms with E-state index in [1.807, 2.05) is 24.0 Å². The van der Waals surface area contributed by atoms with Crippen molar-refractivity contribution in [1.29, 1.82) is 0 Å². The van der Waals surface area contributed by atoms with Crippen LogP contribution in [0.25, 0.3) is 0 Å². The number of alkyl halides is 3. The minimum Gasteiger partial charge on any atom is -0.352 e. The first-order chi connectivity index (χ1) is 16.2. The van der Waals surface area contributed by atoms with Gasteiger partial charge in [0.2, 0.25) is 0 Å². The molecule has 0 saturated carbocycles. The third-order valence-electron chi connectivity index (χ3n) is 5.55. The van der Waals surface area contributed by atoms with Gasteiger partial charge in [-0.3, -0.25) is 9.59 Å². The number of hydrogen-bond acceptors (Lipinski definition) is 5. The minimum atomic E-state index is -4.60. The standard InChI is InChI=1S/C24H22F3N5O2/c1-16-6-8-17(9-7-16)28-22(33)20-10-11-21(30-29-20)31-12-14-32(15-13-31)23(34)18-4-2-3-5-19(18)24(25,26)27/h2-11H,12-15H2,1H3,(H,28,33). The van der Waals surface area contributed by atoms with Crippen LogP contribution in [0.2, 0.25) is 0 Å². The van der Waals surface area contributed by atoms with Gasteiger partial charge in [-0.1, -0.05) is 29.8 Å². The number of rotatable bonds is 4. The van der Waals surface area contributed by atoms with Gasteiger partial charge in [0.25, 0.3) is 11.8 Å². The number of aryl methyl sites for hydroxylation is 1. The van der Waals surface area contributed by atoms with Crippen molar-refractivity contribution in [2.45, 2.75) is 13.1 Å². The number of nitrogens with zero attached hydrogens (tertiary/aromatic N) is 4. The molecule has 0 spiro atoms. The number of halogens is 3. The molecule has 2 aromatic carbocycles. The van der Waals surface area contributed by atoms with Gasteiger partial charge in [0.15, 0.2) is 11.5 Å². The maximum absolute atomic E-state index is 13.3. The molecule has 3 aromatic rings. The number of nitrogens with one attached hydrogen (secondary N) is 1. The van der Waals surface area contributed by atoms with E-state index in [2.05, 4.69) is 15.5 Å². The Kier molecular flexibility index (Phi) is 6.49. The fourth-order valence-electron chi connectivity index (χ4n) is 3.67. The lowest BCUT2D eigenvalue weighted by molar-refractivity contribution is -0.138. The summed E-state index contributed by atoms with van der Waals surface area (Å²) >= 11 is 0. The molecule has 2 amide bonds. The molecule has 1 aliphatic heterocycles. The molecule has 0 bridgehead atoms. The zero-order valence-corrected chi connectivity index (χ0v) is 18.3. The van der Waals surface area contributed by atoms with E-state index in [-0.39, 0.29) is 30.3 Å². The van der Waals surface area contributed by atoms with Gasteiger partial charge in [-0.05, 0) is 43.3 Å². The van der Waals surface area contributed by atoms with Crippen LogP contribution in [0.1, 0.15) is 32.0 Å². The number of amides is 2. The van der Waals surface area contributed by atoms with E-state index in [0.717, 1.165) is 11.6 Å². The lowest BCUT2D eigenvalue weighted by atomic mass is 10.1. The maximum atomic E-state index is 13.3. The fraction of sp³-hybridized carbons (Fsp3) is 0.250. The number of hydrogen-bond donors (Lipinski definition) is 1. The smallest absolute Gasteiger partial charge is 0.352 e. The molecule has 1 N–H and O–H groups in total. The van der Waals surface area contributed by atoms with Crippen molar-refractivity contribution in [3.63, 3.8) is 0 Å².